The highest BCUT2D eigenvalue weighted by Crippen LogP contribution is 2.32. The van der Waals surface area contributed by atoms with Crippen LogP contribution in [0.25, 0.3) is 0 Å². The van der Waals surface area contributed by atoms with Crippen LogP contribution in [0.1, 0.15) is 24.5 Å². The smallest absolute Gasteiger partial charge is 0.348 e. The van der Waals surface area contributed by atoms with Gasteiger partial charge >= 0.3 is 5.69 Å². The highest BCUT2D eigenvalue weighted by molar-refractivity contribution is 7.99. The van der Waals surface area contributed by atoms with Crippen molar-refractivity contribution in [1.82, 2.24) is 9.97 Å². The van der Waals surface area contributed by atoms with Crippen molar-refractivity contribution in [2.24, 2.45) is 0 Å². The first-order valence-electron chi connectivity index (χ1n) is 7.12. The number of hydrogen-bond donors (Lipinski definition) is 1. The molecular formula is C15H14ClN5O2S. The Balaban J connectivity index is 2.23. The second-order valence-electron chi connectivity index (χ2n) is 4.76. The van der Waals surface area contributed by atoms with Gasteiger partial charge in [0.15, 0.2) is 5.16 Å². The molecular weight excluding hydrogens is 350 g/mol. The number of nitro groups is 1. The molecule has 124 valence electrons. The van der Waals surface area contributed by atoms with Crippen LogP contribution in [0.4, 0.5) is 11.5 Å². The van der Waals surface area contributed by atoms with Gasteiger partial charge in [0.05, 0.1) is 16.6 Å². The minimum atomic E-state index is -0.599. The number of anilines is 1. The molecule has 2 aromatic rings. The van der Waals surface area contributed by atoms with E-state index in [1.165, 1.54) is 11.8 Å². The number of thioether (sulfide) groups is 1. The second-order valence-corrected chi connectivity index (χ2v) is 6.18. The van der Waals surface area contributed by atoms with E-state index in [2.05, 4.69) is 15.3 Å². The molecule has 0 spiro atoms. The maximum Gasteiger partial charge on any atom is 0.348 e. The van der Waals surface area contributed by atoms with Gasteiger partial charge in [0, 0.05) is 12.3 Å². The highest BCUT2D eigenvalue weighted by atomic mass is 35.5. The third kappa shape index (κ3) is 4.57. The van der Waals surface area contributed by atoms with Crippen molar-refractivity contribution in [2.45, 2.75) is 25.0 Å². The number of rotatable bonds is 7. The maximum absolute atomic E-state index is 11.2. The molecule has 1 aromatic carbocycles. The summed E-state index contributed by atoms with van der Waals surface area (Å²) in [4.78, 5) is 18.8. The largest absolute Gasteiger partial charge is 0.360 e. The first kappa shape index (κ1) is 18.0. The molecule has 0 atom stereocenters. The molecule has 0 aliphatic rings. The molecule has 0 fully saturated rings. The first-order chi connectivity index (χ1) is 11.5. The van der Waals surface area contributed by atoms with Gasteiger partial charge in [-0.3, -0.25) is 10.1 Å². The molecule has 9 heteroatoms. The SMILES string of the molecule is CCCSc1nc(Cl)c([N+](=O)[O-])c(NCc2ccc(C#N)cc2)n1. The Labute approximate surface area is 148 Å². The zero-order chi connectivity index (χ0) is 17.5. The minimum absolute atomic E-state index is 0.0861. The minimum Gasteiger partial charge on any atom is -0.360 e. The lowest BCUT2D eigenvalue weighted by molar-refractivity contribution is -0.384. The van der Waals surface area contributed by atoms with E-state index in [-0.39, 0.29) is 16.7 Å². The van der Waals surface area contributed by atoms with Crippen molar-refractivity contribution in [3.05, 3.63) is 50.7 Å². The third-order valence-electron chi connectivity index (χ3n) is 2.98. The van der Waals surface area contributed by atoms with Crippen LogP contribution in [-0.2, 0) is 6.54 Å². The molecule has 1 aromatic heterocycles. The molecule has 0 bridgehead atoms. The Morgan fingerprint density at radius 1 is 1.38 bits per heavy atom. The van der Waals surface area contributed by atoms with Gasteiger partial charge in [0.1, 0.15) is 0 Å². The lowest BCUT2D eigenvalue weighted by Crippen LogP contribution is -2.07. The van der Waals surface area contributed by atoms with Crippen molar-refractivity contribution in [3.63, 3.8) is 0 Å². The molecule has 0 unspecified atom stereocenters. The van der Waals surface area contributed by atoms with E-state index in [9.17, 15) is 10.1 Å². The van der Waals surface area contributed by atoms with E-state index in [0.717, 1.165) is 17.7 Å². The molecule has 0 saturated heterocycles. The summed E-state index contributed by atoms with van der Waals surface area (Å²) in [5, 5.41) is 23.2. The Kier molecular flexibility index (Phi) is 6.35. The second kappa shape index (κ2) is 8.47. The van der Waals surface area contributed by atoms with Crippen molar-refractivity contribution in [3.8, 4) is 6.07 Å². The fraction of sp³-hybridized carbons (Fsp3) is 0.267. The van der Waals surface area contributed by atoms with E-state index in [1.54, 1.807) is 24.3 Å². The molecule has 7 nitrogen and oxygen atoms in total. The van der Waals surface area contributed by atoms with Crippen LogP contribution >= 0.6 is 23.4 Å². The van der Waals surface area contributed by atoms with Crippen molar-refractivity contribution in [2.75, 3.05) is 11.1 Å². The molecule has 0 saturated carbocycles. The first-order valence-corrected chi connectivity index (χ1v) is 8.49. The molecule has 24 heavy (non-hydrogen) atoms. The maximum atomic E-state index is 11.2. The third-order valence-corrected chi connectivity index (χ3v) is 4.30. The van der Waals surface area contributed by atoms with Crippen LogP contribution < -0.4 is 5.32 Å². The number of hydrogen-bond acceptors (Lipinski definition) is 7. The van der Waals surface area contributed by atoms with Crippen LogP contribution in [0, 0.1) is 21.4 Å². The fourth-order valence-corrected chi connectivity index (χ4v) is 2.82. The number of benzene rings is 1. The van der Waals surface area contributed by atoms with Gasteiger partial charge in [-0.15, -0.1) is 0 Å². The lowest BCUT2D eigenvalue weighted by Gasteiger charge is -2.09. The Hall–Kier alpha value is -2.37. The lowest BCUT2D eigenvalue weighted by atomic mass is 10.1. The predicted molar refractivity (Wildman–Crippen MR) is 93.2 cm³/mol. The van der Waals surface area contributed by atoms with Crippen molar-refractivity contribution < 1.29 is 4.92 Å². The van der Waals surface area contributed by atoms with Gasteiger partial charge in [-0.25, -0.2) is 4.98 Å². The predicted octanol–water partition coefficient (Wildman–Crippen LogP) is 4.02. The van der Waals surface area contributed by atoms with Crippen LogP contribution in [0.2, 0.25) is 5.15 Å². The summed E-state index contributed by atoms with van der Waals surface area (Å²) < 4.78 is 0. The summed E-state index contributed by atoms with van der Waals surface area (Å²) in [7, 11) is 0. The van der Waals surface area contributed by atoms with Gasteiger partial charge in [-0.1, -0.05) is 42.4 Å². The van der Waals surface area contributed by atoms with Crippen LogP contribution in [0.5, 0.6) is 0 Å². The van der Waals surface area contributed by atoms with Gasteiger partial charge < -0.3 is 5.32 Å². The average Bonchev–Trinajstić information content (AvgIpc) is 2.57. The van der Waals surface area contributed by atoms with E-state index in [1.807, 2.05) is 13.0 Å². The molecule has 0 amide bonds. The topological polar surface area (TPSA) is 105 Å². The quantitative estimate of drug-likeness (QED) is 0.260. The molecule has 2 rings (SSSR count). The summed E-state index contributed by atoms with van der Waals surface area (Å²) in [6.07, 6.45) is 0.927. The number of halogens is 1. The summed E-state index contributed by atoms with van der Waals surface area (Å²) in [5.41, 5.74) is 1.07. The standard InChI is InChI=1S/C15H14ClN5O2S/c1-2-7-24-15-19-13(16)12(21(22)23)14(20-15)18-9-11-5-3-10(8-17)4-6-11/h3-6H,2,7,9H2,1H3,(H,18,19,20). The van der Waals surface area contributed by atoms with Crippen LogP contribution in [0.3, 0.4) is 0 Å². The summed E-state index contributed by atoms with van der Waals surface area (Å²) in [5.74, 6) is 0.881. The molecule has 1 heterocycles. The van der Waals surface area contributed by atoms with Crippen molar-refractivity contribution in [1.29, 1.82) is 5.26 Å². The van der Waals surface area contributed by atoms with Crippen LogP contribution in [0.15, 0.2) is 29.4 Å². The number of aromatic nitrogens is 2. The zero-order valence-corrected chi connectivity index (χ0v) is 14.4. The van der Waals surface area contributed by atoms with Crippen LogP contribution in [-0.4, -0.2) is 20.6 Å². The van der Waals surface area contributed by atoms with E-state index >= 15 is 0 Å². The fourth-order valence-electron chi connectivity index (χ4n) is 1.83. The molecule has 0 radical (unpaired) electrons. The van der Waals surface area contributed by atoms with Gasteiger partial charge in [0.2, 0.25) is 11.0 Å². The number of nitrogens with one attached hydrogen (secondary N) is 1. The summed E-state index contributed by atoms with van der Waals surface area (Å²) in [6, 6.07) is 8.94. The summed E-state index contributed by atoms with van der Waals surface area (Å²) >= 11 is 7.34. The van der Waals surface area contributed by atoms with E-state index in [0.29, 0.717) is 17.3 Å². The molecule has 0 aliphatic carbocycles. The average molecular weight is 364 g/mol. The monoisotopic (exact) mass is 363 g/mol. The van der Waals surface area contributed by atoms with Gasteiger partial charge in [0.25, 0.3) is 0 Å². The Morgan fingerprint density at radius 3 is 2.67 bits per heavy atom. The van der Waals surface area contributed by atoms with Crippen molar-refractivity contribution >= 4 is 34.9 Å². The molecule has 0 aliphatic heterocycles. The number of nitriles is 1. The Morgan fingerprint density at radius 2 is 2.08 bits per heavy atom. The number of nitrogens with zero attached hydrogens (tertiary/aromatic N) is 4. The zero-order valence-electron chi connectivity index (χ0n) is 12.8. The van der Waals surface area contributed by atoms with E-state index < -0.39 is 4.92 Å². The summed E-state index contributed by atoms with van der Waals surface area (Å²) in [6.45, 7) is 2.34. The van der Waals surface area contributed by atoms with Gasteiger partial charge in [-0.05, 0) is 24.1 Å². The Bertz CT molecular complexity index is 777. The molecule has 1 N–H and O–H groups in total. The van der Waals surface area contributed by atoms with E-state index in [4.69, 9.17) is 16.9 Å². The van der Waals surface area contributed by atoms with Gasteiger partial charge in [-0.2, -0.15) is 10.2 Å². The normalized spacial score (nSPS) is 10.2. The highest BCUT2D eigenvalue weighted by Gasteiger charge is 2.23.